The van der Waals surface area contributed by atoms with Gasteiger partial charge in [0.1, 0.15) is 0 Å². The van der Waals surface area contributed by atoms with Crippen LogP contribution in [0.5, 0.6) is 0 Å². The van der Waals surface area contributed by atoms with E-state index in [0.29, 0.717) is 17.7 Å². The van der Waals surface area contributed by atoms with Crippen molar-refractivity contribution < 1.29 is 9.18 Å². The summed E-state index contributed by atoms with van der Waals surface area (Å²) in [7, 11) is 0. The average Bonchev–Trinajstić information content (AvgIpc) is 2.89. The van der Waals surface area contributed by atoms with Crippen LogP contribution in [-0.4, -0.2) is 22.0 Å². The number of fused-ring (bicyclic) bond motifs is 4. The monoisotopic (exact) mass is 399 g/mol. The topological polar surface area (TPSA) is 45.2 Å². The van der Waals surface area contributed by atoms with Gasteiger partial charge in [0.05, 0.1) is 21.1 Å². The standard InChI is InChI=1S/C17H13Cl3FN3O/c18-12-5-8(6-13(19)15(12)20)23-17(25)24-9-1-2-14(24)10-3-4-22-16(21)11(10)7-9/h3-6,9,14H,1-2,7H2,(H,23,25)/t9-,14+/m1/s1. The van der Waals surface area contributed by atoms with Gasteiger partial charge in [0.15, 0.2) is 0 Å². The lowest BCUT2D eigenvalue weighted by Gasteiger charge is -2.36. The van der Waals surface area contributed by atoms with Gasteiger partial charge in [0.25, 0.3) is 0 Å². The predicted molar refractivity (Wildman–Crippen MR) is 96.0 cm³/mol. The molecule has 0 radical (unpaired) electrons. The summed E-state index contributed by atoms with van der Waals surface area (Å²) >= 11 is 18.0. The van der Waals surface area contributed by atoms with Crippen LogP contribution in [0.3, 0.4) is 0 Å². The minimum atomic E-state index is -0.439. The Bertz CT molecular complexity index is 853. The molecule has 0 saturated carbocycles. The first kappa shape index (κ1) is 16.9. The van der Waals surface area contributed by atoms with Gasteiger partial charge in [-0.15, -0.1) is 0 Å². The third-order valence-electron chi connectivity index (χ3n) is 4.81. The van der Waals surface area contributed by atoms with Gasteiger partial charge in [-0.1, -0.05) is 34.8 Å². The van der Waals surface area contributed by atoms with Crippen molar-refractivity contribution in [3.8, 4) is 0 Å². The Morgan fingerprint density at radius 2 is 1.96 bits per heavy atom. The number of urea groups is 1. The van der Waals surface area contributed by atoms with Crippen LogP contribution in [0.1, 0.15) is 30.0 Å². The Balaban J connectivity index is 1.62. The Labute approximate surface area is 158 Å². The molecule has 2 bridgehead atoms. The quantitative estimate of drug-likeness (QED) is 0.509. The van der Waals surface area contributed by atoms with Crippen LogP contribution in [0.25, 0.3) is 0 Å². The van der Waals surface area contributed by atoms with E-state index in [1.807, 2.05) is 0 Å². The lowest BCUT2D eigenvalue weighted by atomic mass is 9.95. The summed E-state index contributed by atoms with van der Waals surface area (Å²) in [5.74, 6) is -0.439. The molecule has 0 spiro atoms. The van der Waals surface area contributed by atoms with Crippen molar-refractivity contribution in [3.05, 3.63) is 56.5 Å². The molecule has 8 heteroatoms. The molecule has 2 aliphatic heterocycles. The number of carbonyl (C=O) groups excluding carboxylic acids is 1. The largest absolute Gasteiger partial charge is 0.322 e. The number of benzene rings is 1. The summed E-state index contributed by atoms with van der Waals surface area (Å²) in [5, 5.41) is 3.60. The highest BCUT2D eigenvalue weighted by Gasteiger charge is 2.43. The maximum absolute atomic E-state index is 14.0. The van der Waals surface area contributed by atoms with E-state index in [9.17, 15) is 9.18 Å². The second-order valence-corrected chi connectivity index (χ2v) is 7.40. The molecule has 3 heterocycles. The summed E-state index contributed by atoms with van der Waals surface area (Å²) < 4.78 is 14.0. The third-order valence-corrected chi connectivity index (χ3v) is 6.01. The summed E-state index contributed by atoms with van der Waals surface area (Å²) in [6, 6.07) is 4.44. The average molecular weight is 401 g/mol. The molecule has 1 fully saturated rings. The summed E-state index contributed by atoms with van der Waals surface area (Å²) in [6.07, 6.45) is 3.55. The highest BCUT2D eigenvalue weighted by molar-refractivity contribution is 6.48. The van der Waals surface area contributed by atoms with Gasteiger partial charge < -0.3 is 10.2 Å². The van der Waals surface area contributed by atoms with Gasteiger partial charge >= 0.3 is 6.03 Å². The number of carbonyl (C=O) groups is 1. The molecule has 0 aliphatic carbocycles. The highest BCUT2D eigenvalue weighted by Crippen LogP contribution is 2.44. The fourth-order valence-corrected chi connectivity index (χ4v) is 4.34. The molecule has 1 aromatic carbocycles. The van der Waals surface area contributed by atoms with Gasteiger partial charge in [-0.05, 0) is 43.0 Å². The fraction of sp³-hybridized carbons (Fsp3) is 0.294. The number of aromatic nitrogens is 1. The van der Waals surface area contributed by atoms with E-state index >= 15 is 0 Å². The molecule has 2 atom stereocenters. The molecular formula is C17H13Cl3FN3O. The van der Waals surface area contributed by atoms with Gasteiger partial charge in [-0.2, -0.15) is 4.39 Å². The molecule has 0 unspecified atom stereocenters. The predicted octanol–water partition coefficient (Wildman–Crippen LogP) is 5.47. The Hall–Kier alpha value is -1.56. The number of anilines is 1. The van der Waals surface area contributed by atoms with Crippen LogP contribution in [0.2, 0.25) is 15.1 Å². The number of halogens is 4. The number of nitrogens with one attached hydrogen (secondary N) is 1. The smallest absolute Gasteiger partial charge is 0.314 e. The number of amides is 2. The number of nitrogens with zero attached hydrogens (tertiary/aromatic N) is 2. The van der Waals surface area contributed by atoms with Crippen molar-refractivity contribution in [1.82, 2.24) is 9.88 Å². The zero-order valence-electron chi connectivity index (χ0n) is 12.9. The summed E-state index contributed by atoms with van der Waals surface area (Å²) in [4.78, 5) is 18.3. The van der Waals surface area contributed by atoms with E-state index in [-0.39, 0.29) is 33.2 Å². The Morgan fingerprint density at radius 1 is 1.24 bits per heavy atom. The number of hydrogen-bond acceptors (Lipinski definition) is 2. The molecule has 2 amide bonds. The van der Waals surface area contributed by atoms with E-state index in [4.69, 9.17) is 34.8 Å². The second kappa shape index (κ2) is 6.31. The first-order valence-corrected chi connectivity index (χ1v) is 8.96. The molecule has 4 nitrogen and oxygen atoms in total. The molecule has 2 aliphatic rings. The minimum Gasteiger partial charge on any atom is -0.314 e. The highest BCUT2D eigenvalue weighted by atomic mass is 35.5. The Kier molecular flexibility index (Phi) is 4.26. The normalized spacial score (nSPS) is 21.2. The maximum Gasteiger partial charge on any atom is 0.322 e. The van der Waals surface area contributed by atoms with Crippen molar-refractivity contribution in [2.45, 2.75) is 31.3 Å². The van der Waals surface area contributed by atoms with Crippen LogP contribution < -0.4 is 5.32 Å². The lowest BCUT2D eigenvalue weighted by molar-refractivity contribution is 0.178. The first-order valence-electron chi connectivity index (χ1n) is 7.83. The third kappa shape index (κ3) is 2.84. The fourth-order valence-electron chi connectivity index (χ4n) is 3.74. The summed E-state index contributed by atoms with van der Waals surface area (Å²) in [5.41, 5.74) is 1.93. The molecule has 2 aromatic rings. The van der Waals surface area contributed by atoms with Crippen molar-refractivity contribution in [2.24, 2.45) is 0 Å². The number of rotatable bonds is 1. The van der Waals surface area contributed by atoms with Gasteiger partial charge in [-0.25, -0.2) is 9.78 Å². The summed E-state index contributed by atoms with van der Waals surface area (Å²) in [6.45, 7) is 0. The van der Waals surface area contributed by atoms with E-state index in [0.717, 1.165) is 18.4 Å². The maximum atomic E-state index is 14.0. The molecule has 1 N–H and O–H groups in total. The first-order chi connectivity index (χ1) is 12.0. The van der Waals surface area contributed by atoms with E-state index in [1.54, 1.807) is 23.1 Å². The SMILES string of the molecule is O=C(Nc1cc(Cl)c(Cl)c(Cl)c1)N1[C@@H]2CC[C@H]1c1ccnc(F)c1C2. The molecule has 130 valence electrons. The van der Waals surface area contributed by atoms with Crippen LogP contribution in [-0.2, 0) is 6.42 Å². The van der Waals surface area contributed by atoms with Crippen molar-refractivity contribution >= 4 is 46.5 Å². The van der Waals surface area contributed by atoms with Crippen LogP contribution in [0, 0.1) is 5.95 Å². The molecule has 25 heavy (non-hydrogen) atoms. The number of pyridine rings is 1. The van der Waals surface area contributed by atoms with Crippen molar-refractivity contribution in [1.29, 1.82) is 0 Å². The number of hydrogen-bond donors (Lipinski definition) is 1. The van der Waals surface area contributed by atoms with Crippen molar-refractivity contribution in [2.75, 3.05) is 5.32 Å². The van der Waals surface area contributed by atoms with E-state index in [2.05, 4.69) is 10.3 Å². The van der Waals surface area contributed by atoms with Gasteiger partial charge in [0, 0.05) is 23.5 Å². The molecule has 4 rings (SSSR count). The molecule has 1 saturated heterocycles. The van der Waals surface area contributed by atoms with E-state index < -0.39 is 5.95 Å². The minimum absolute atomic E-state index is 0.0468. The molecular weight excluding hydrogens is 388 g/mol. The zero-order valence-corrected chi connectivity index (χ0v) is 15.2. The van der Waals surface area contributed by atoms with Crippen molar-refractivity contribution in [3.63, 3.8) is 0 Å². The zero-order chi connectivity index (χ0) is 17.7. The van der Waals surface area contributed by atoms with Gasteiger partial charge in [-0.3, -0.25) is 0 Å². The molecule has 1 aromatic heterocycles. The van der Waals surface area contributed by atoms with Gasteiger partial charge in [0.2, 0.25) is 5.95 Å². The van der Waals surface area contributed by atoms with E-state index in [1.165, 1.54) is 6.20 Å². The second-order valence-electron chi connectivity index (χ2n) is 6.21. The van der Waals surface area contributed by atoms with Crippen LogP contribution in [0.4, 0.5) is 14.9 Å². The van der Waals surface area contributed by atoms with Crippen LogP contribution in [0.15, 0.2) is 24.4 Å². The Morgan fingerprint density at radius 3 is 2.68 bits per heavy atom. The lowest BCUT2D eigenvalue weighted by Crippen LogP contribution is -2.44. The van der Waals surface area contributed by atoms with Crippen LogP contribution >= 0.6 is 34.8 Å².